The van der Waals surface area contributed by atoms with Crippen LogP contribution in [0.3, 0.4) is 0 Å². The second kappa shape index (κ2) is 8.36. The van der Waals surface area contributed by atoms with Crippen LogP contribution >= 0.6 is 11.3 Å². The Bertz CT molecular complexity index is 949. The first-order valence-corrected chi connectivity index (χ1v) is 9.78. The first kappa shape index (κ1) is 21.0. The summed E-state index contributed by atoms with van der Waals surface area (Å²) in [6.45, 7) is 3.93. The van der Waals surface area contributed by atoms with Gasteiger partial charge in [0.1, 0.15) is 11.6 Å². The molecule has 0 spiro atoms. The van der Waals surface area contributed by atoms with Gasteiger partial charge < -0.3 is 9.64 Å². The van der Waals surface area contributed by atoms with Gasteiger partial charge in [-0.25, -0.2) is 9.78 Å². The molecule has 0 saturated carbocycles. The van der Waals surface area contributed by atoms with Crippen molar-refractivity contribution < 1.29 is 27.5 Å². The molecule has 11 heteroatoms. The van der Waals surface area contributed by atoms with Crippen LogP contribution in [0.2, 0.25) is 0 Å². The summed E-state index contributed by atoms with van der Waals surface area (Å²) in [6, 6.07) is 0.922. The van der Waals surface area contributed by atoms with Crippen LogP contribution in [0, 0.1) is 6.92 Å². The molecule has 7 nitrogen and oxygen atoms in total. The van der Waals surface area contributed by atoms with E-state index in [0.29, 0.717) is 24.5 Å². The molecular formula is C18H19F3N4O3S. The lowest BCUT2D eigenvalue weighted by molar-refractivity contribution is -0.142. The molecule has 0 radical (unpaired) electrons. The Morgan fingerprint density at radius 2 is 2.10 bits per heavy atom. The molecule has 0 aromatic carbocycles. The van der Waals surface area contributed by atoms with E-state index in [1.165, 1.54) is 18.3 Å². The van der Waals surface area contributed by atoms with Gasteiger partial charge in [-0.1, -0.05) is 6.08 Å². The minimum Gasteiger partial charge on any atom is -0.461 e. The van der Waals surface area contributed by atoms with E-state index in [4.69, 9.17) is 4.74 Å². The minimum atomic E-state index is -4.54. The Labute approximate surface area is 168 Å². The molecule has 0 bridgehead atoms. The number of aryl methyl sites for hydroxylation is 1. The van der Waals surface area contributed by atoms with Crippen molar-refractivity contribution in [3.63, 3.8) is 0 Å². The fraction of sp³-hybridized carbons (Fsp3) is 0.444. The molecule has 0 saturated heterocycles. The van der Waals surface area contributed by atoms with Crippen molar-refractivity contribution in [3.05, 3.63) is 39.6 Å². The number of amides is 1. The molecule has 0 unspecified atom stereocenters. The maximum Gasteiger partial charge on any atom is 0.435 e. The van der Waals surface area contributed by atoms with Gasteiger partial charge in [-0.05, 0) is 31.9 Å². The Kier molecular flexibility index (Phi) is 6.06. The van der Waals surface area contributed by atoms with Gasteiger partial charge in [0.25, 0.3) is 0 Å². The van der Waals surface area contributed by atoms with Crippen LogP contribution < -0.4 is 0 Å². The van der Waals surface area contributed by atoms with Crippen LogP contribution in [0.4, 0.5) is 13.2 Å². The predicted molar refractivity (Wildman–Crippen MR) is 99.2 cm³/mol. The highest BCUT2D eigenvalue weighted by Crippen LogP contribution is 2.29. The summed E-state index contributed by atoms with van der Waals surface area (Å²) in [5.41, 5.74) is 0.433. The molecular weight excluding hydrogens is 409 g/mol. The summed E-state index contributed by atoms with van der Waals surface area (Å²) in [4.78, 5) is 30.0. The van der Waals surface area contributed by atoms with Crippen LogP contribution in [0.25, 0.3) is 5.57 Å². The summed E-state index contributed by atoms with van der Waals surface area (Å²) in [5.74, 6) is -0.789. The van der Waals surface area contributed by atoms with E-state index in [1.54, 1.807) is 17.2 Å². The molecule has 0 atom stereocenters. The summed E-state index contributed by atoms with van der Waals surface area (Å²) in [7, 11) is 0. The minimum absolute atomic E-state index is 0.251. The van der Waals surface area contributed by atoms with Gasteiger partial charge >= 0.3 is 12.1 Å². The second-order valence-corrected chi connectivity index (χ2v) is 7.26. The number of rotatable bonds is 5. The third kappa shape index (κ3) is 4.84. The average Bonchev–Trinajstić information content (AvgIpc) is 3.29. The third-order valence-corrected chi connectivity index (χ3v) is 5.30. The van der Waals surface area contributed by atoms with Crippen LogP contribution in [0.1, 0.15) is 40.2 Å². The zero-order valence-corrected chi connectivity index (χ0v) is 16.6. The standard InChI is InChI=1S/C18H19F3N4O3S/c1-3-28-17(27)13-10-29-16(22-13)12-4-6-24(7-5-12)15(26)9-25-11(2)8-14(23-25)18(19,20)21/h4,8,10H,3,5-7,9H2,1-2H3. The first-order chi connectivity index (χ1) is 13.7. The van der Waals surface area contributed by atoms with E-state index in [-0.39, 0.29) is 30.4 Å². The van der Waals surface area contributed by atoms with Crippen LogP contribution in [-0.4, -0.2) is 51.2 Å². The first-order valence-electron chi connectivity index (χ1n) is 8.90. The van der Waals surface area contributed by atoms with Crippen molar-refractivity contribution in [2.24, 2.45) is 0 Å². The largest absolute Gasteiger partial charge is 0.461 e. The summed E-state index contributed by atoms with van der Waals surface area (Å²) < 4.78 is 44.3. The molecule has 156 valence electrons. The van der Waals surface area contributed by atoms with Crippen LogP contribution in [-0.2, 0) is 22.3 Å². The molecule has 1 amide bonds. The molecule has 1 aliphatic rings. The number of thiazole rings is 1. The van der Waals surface area contributed by atoms with E-state index in [1.807, 2.05) is 6.08 Å². The monoisotopic (exact) mass is 428 g/mol. The van der Waals surface area contributed by atoms with E-state index in [9.17, 15) is 22.8 Å². The number of ether oxygens (including phenoxy) is 1. The lowest BCUT2D eigenvalue weighted by Crippen LogP contribution is -2.37. The Hall–Kier alpha value is -2.69. The van der Waals surface area contributed by atoms with Gasteiger partial charge in [-0.3, -0.25) is 9.48 Å². The van der Waals surface area contributed by atoms with Gasteiger partial charge in [-0.2, -0.15) is 18.3 Å². The lowest BCUT2D eigenvalue weighted by atomic mass is 10.1. The SMILES string of the molecule is CCOC(=O)c1csc(C2=CCN(C(=O)Cn3nc(C(F)(F)F)cc3C)CC2)n1. The maximum absolute atomic E-state index is 12.8. The van der Waals surface area contributed by atoms with Crippen LogP contribution in [0.15, 0.2) is 17.5 Å². The van der Waals surface area contributed by atoms with E-state index >= 15 is 0 Å². The fourth-order valence-corrected chi connectivity index (χ4v) is 3.71. The van der Waals surface area contributed by atoms with Gasteiger partial charge in [-0.15, -0.1) is 11.3 Å². The molecule has 0 aliphatic carbocycles. The summed E-state index contributed by atoms with van der Waals surface area (Å²) in [6.07, 6.45) is -2.17. The number of halogens is 3. The predicted octanol–water partition coefficient (Wildman–Crippen LogP) is 3.16. The molecule has 1 aliphatic heterocycles. The molecule has 2 aromatic heterocycles. The second-order valence-electron chi connectivity index (χ2n) is 6.40. The van der Waals surface area contributed by atoms with Gasteiger partial charge in [0.2, 0.25) is 5.91 Å². The maximum atomic E-state index is 12.8. The van der Waals surface area contributed by atoms with Crippen molar-refractivity contribution in [2.45, 2.75) is 33.0 Å². The number of carbonyl (C=O) groups excluding carboxylic acids is 2. The van der Waals surface area contributed by atoms with Crippen molar-refractivity contribution in [1.82, 2.24) is 19.7 Å². The number of hydrogen-bond donors (Lipinski definition) is 0. The summed E-state index contributed by atoms with van der Waals surface area (Å²) >= 11 is 1.33. The van der Waals surface area contributed by atoms with E-state index in [0.717, 1.165) is 16.3 Å². The number of esters is 1. The smallest absolute Gasteiger partial charge is 0.435 e. The highest BCUT2D eigenvalue weighted by Gasteiger charge is 2.34. The third-order valence-electron chi connectivity index (χ3n) is 4.38. The van der Waals surface area contributed by atoms with E-state index in [2.05, 4.69) is 10.1 Å². The van der Waals surface area contributed by atoms with Crippen molar-refractivity contribution >= 4 is 28.8 Å². The normalized spacial score (nSPS) is 14.7. The van der Waals surface area contributed by atoms with Crippen LogP contribution in [0.5, 0.6) is 0 Å². The summed E-state index contributed by atoms with van der Waals surface area (Å²) in [5, 5.41) is 5.81. The van der Waals surface area contributed by atoms with Gasteiger partial charge in [0.05, 0.1) is 6.61 Å². The fourth-order valence-electron chi connectivity index (χ4n) is 2.85. The molecule has 3 heterocycles. The Balaban J connectivity index is 1.63. The number of carbonyl (C=O) groups is 2. The van der Waals surface area contributed by atoms with Crippen molar-refractivity contribution in [1.29, 1.82) is 0 Å². The highest BCUT2D eigenvalue weighted by atomic mass is 32.1. The Morgan fingerprint density at radius 3 is 2.69 bits per heavy atom. The quantitative estimate of drug-likeness (QED) is 0.684. The average molecular weight is 428 g/mol. The Morgan fingerprint density at radius 1 is 1.34 bits per heavy atom. The number of alkyl halides is 3. The topological polar surface area (TPSA) is 77.3 Å². The molecule has 3 rings (SSSR count). The van der Waals surface area contributed by atoms with E-state index < -0.39 is 17.8 Å². The zero-order valence-electron chi connectivity index (χ0n) is 15.8. The van der Waals surface area contributed by atoms with Crippen molar-refractivity contribution in [2.75, 3.05) is 19.7 Å². The van der Waals surface area contributed by atoms with Crippen molar-refractivity contribution in [3.8, 4) is 0 Å². The van der Waals surface area contributed by atoms with Gasteiger partial charge in [0, 0.05) is 24.2 Å². The molecule has 0 fully saturated rings. The lowest BCUT2D eigenvalue weighted by Gasteiger charge is -2.26. The van der Waals surface area contributed by atoms with Gasteiger partial charge in [0.15, 0.2) is 11.4 Å². The number of aromatic nitrogens is 3. The number of hydrogen-bond acceptors (Lipinski definition) is 6. The zero-order chi connectivity index (χ0) is 21.2. The molecule has 0 N–H and O–H groups in total. The highest BCUT2D eigenvalue weighted by molar-refractivity contribution is 7.11. The molecule has 29 heavy (non-hydrogen) atoms. The molecule has 2 aromatic rings. The number of nitrogens with zero attached hydrogens (tertiary/aromatic N) is 4.